The van der Waals surface area contributed by atoms with E-state index in [9.17, 15) is 9.59 Å². The number of imidazole rings is 1. The van der Waals surface area contributed by atoms with Crippen LogP contribution >= 0.6 is 0 Å². The number of Topliss-reactive ketones (excluding diaryl/α,β-unsaturated/α-hetero) is 1. The second-order valence-electron chi connectivity index (χ2n) is 6.68. The van der Waals surface area contributed by atoms with Gasteiger partial charge in [-0.3, -0.25) is 9.59 Å². The van der Waals surface area contributed by atoms with Crippen molar-refractivity contribution in [2.24, 2.45) is 0 Å². The molecule has 150 valence electrons. The second kappa shape index (κ2) is 8.42. The van der Waals surface area contributed by atoms with Crippen LogP contribution in [0.2, 0.25) is 0 Å². The Balaban J connectivity index is 1.56. The second-order valence-corrected chi connectivity index (χ2v) is 6.68. The fourth-order valence-electron chi connectivity index (χ4n) is 3.23. The average Bonchev–Trinajstić information content (AvgIpc) is 3.21. The number of aliphatic hydroxyl groups excluding tert-OH is 1. The molecular weight excluding hydrogens is 374 g/mol. The lowest BCUT2D eigenvalue weighted by Crippen LogP contribution is -2.43. The summed E-state index contributed by atoms with van der Waals surface area (Å²) in [4.78, 5) is 33.6. The highest BCUT2D eigenvalue weighted by Gasteiger charge is 2.18. The summed E-state index contributed by atoms with van der Waals surface area (Å²) in [7, 11) is 0. The molecule has 1 fully saturated rings. The van der Waals surface area contributed by atoms with Crippen molar-refractivity contribution in [1.29, 1.82) is 0 Å². The minimum absolute atomic E-state index is 0.0631. The number of morpholine rings is 1. The third-order valence-corrected chi connectivity index (χ3v) is 4.80. The normalized spacial score (nSPS) is 14.2. The van der Waals surface area contributed by atoms with E-state index in [1.807, 2.05) is 18.2 Å². The van der Waals surface area contributed by atoms with E-state index in [2.05, 4.69) is 9.97 Å². The van der Waals surface area contributed by atoms with Crippen LogP contribution in [0.4, 0.5) is 0 Å². The molecule has 4 rings (SSSR count). The number of rotatable bonds is 6. The van der Waals surface area contributed by atoms with Gasteiger partial charge in [-0.15, -0.1) is 0 Å². The van der Waals surface area contributed by atoms with Crippen molar-refractivity contribution in [3.63, 3.8) is 0 Å². The minimum atomic E-state index is -0.541. The molecule has 8 heteroatoms. The van der Waals surface area contributed by atoms with Gasteiger partial charge in [0.05, 0.1) is 29.8 Å². The van der Waals surface area contributed by atoms with Crippen molar-refractivity contribution in [2.45, 2.75) is 0 Å². The van der Waals surface area contributed by atoms with E-state index in [1.165, 1.54) is 0 Å². The van der Waals surface area contributed by atoms with Gasteiger partial charge in [0.1, 0.15) is 18.2 Å². The number of aromatic nitrogens is 2. The zero-order chi connectivity index (χ0) is 20.2. The summed E-state index contributed by atoms with van der Waals surface area (Å²) in [5, 5.41) is 9.05. The maximum Gasteiger partial charge on any atom is 0.260 e. The van der Waals surface area contributed by atoms with E-state index >= 15 is 0 Å². The highest BCUT2D eigenvalue weighted by atomic mass is 16.5. The van der Waals surface area contributed by atoms with Gasteiger partial charge in [0.25, 0.3) is 5.91 Å². The van der Waals surface area contributed by atoms with Crippen LogP contribution in [-0.4, -0.2) is 71.2 Å². The number of carbonyl (C=O) groups excluding carboxylic acids is 2. The van der Waals surface area contributed by atoms with Crippen LogP contribution in [0.25, 0.3) is 22.4 Å². The Morgan fingerprint density at radius 2 is 1.97 bits per heavy atom. The van der Waals surface area contributed by atoms with Crippen LogP contribution in [0, 0.1) is 0 Å². The topological polar surface area (TPSA) is 105 Å². The number of H-pyrrole nitrogens is 1. The van der Waals surface area contributed by atoms with Crippen molar-refractivity contribution in [3.8, 4) is 17.1 Å². The number of aromatic amines is 1. The molecular formula is C21H21N3O5. The maximum atomic E-state index is 12.4. The molecule has 0 unspecified atom stereocenters. The number of amides is 1. The molecule has 1 saturated heterocycles. The van der Waals surface area contributed by atoms with E-state index < -0.39 is 6.61 Å². The lowest BCUT2D eigenvalue weighted by molar-refractivity contribution is -0.137. The molecule has 2 aromatic carbocycles. The van der Waals surface area contributed by atoms with E-state index in [4.69, 9.17) is 14.6 Å². The summed E-state index contributed by atoms with van der Waals surface area (Å²) in [6, 6.07) is 12.4. The monoisotopic (exact) mass is 395 g/mol. The molecule has 2 N–H and O–H groups in total. The van der Waals surface area contributed by atoms with E-state index in [1.54, 1.807) is 29.2 Å². The third kappa shape index (κ3) is 4.13. The Hall–Kier alpha value is -3.23. The molecule has 0 radical (unpaired) electrons. The van der Waals surface area contributed by atoms with Crippen molar-refractivity contribution in [2.75, 3.05) is 39.5 Å². The molecule has 1 aliphatic rings. The quantitative estimate of drug-likeness (QED) is 0.615. The average molecular weight is 395 g/mol. The van der Waals surface area contributed by atoms with Gasteiger partial charge in [0.2, 0.25) is 0 Å². The highest BCUT2D eigenvalue weighted by molar-refractivity contribution is 5.99. The van der Waals surface area contributed by atoms with E-state index in [0.717, 1.165) is 0 Å². The first-order valence-corrected chi connectivity index (χ1v) is 9.37. The summed E-state index contributed by atoms with van der Waals surface area (Å²) >= 11 is 0. The number of hydrogen-bond acceptors (Lipinski definition) is 6. The number of nitrogens with zero attached hydrogens (tertiary/aromatic N) is 2. The number of nitrogens with one attached hydrogen (secondary N) is 1. The molecule has 0 saturated carbocycles. The largest absolute Gasteiger partial charge is 0.483 e. The van der Waals surface area contributed by atoms with Gasteiger partial charge in [-0.05, 0) is 30.3 Å². The van der Waals surface area contributed by atoms with Crippen LogP contribution in [0.1, 0.15) is 10.4 Å². The van der Waals surface area contributed by atoms with Crippen molar-refractivity contribution >= 4 is 22.7 Å². The van der Waals surface area contributed by atoms with Crippen LogP contribution in [-0.2, 0) is 9.53 Å². The lowest BCUT2D eigenvalue weighted by Gasteiger charge is -2.26. The third-order valence-electron chi connectivity index (χ3n) is 4.80. The molecule has 1 aliphatic heterocycles. The summed E-state index contributed by atoms with van der Waals surface area (Å²) < 4.78 is 11.1. The molecule has 0 spiro atoms. The van der Waals surface area contributed by atoms with E-state index in [0.29, 0.717) is 60.0 Å². The number of ether oxygens (including phenoxy) is 2. The fraction of sp³-hybridized carbons (Fsp3) is 0.286. The Morgan fingerprint density at radius 3 is 2.76 bits per heavy atom. The number of hydrogen-bond donors (Lipinski definition) is 2. The van der Waals surface area contributed by atoms with Crippen molar-refractivity contribution in [3.05, 3.63) is 48.0 Å². The summed E-state index contributed by atoms with van der Waals surface area (Å²) in [5.41, 5.74) is 2.50. The van der Waals surface area contributed by atoms with Gasteiger partial charge in [-0.2, -0.15) is 0 Å². The molecule has 1 aromatic heterocycles. The zero-order valence-electron chi connectivity index (χ0n) is 15.8. The standard InChI is InChI=1S/C21H21N3O5/c25-12-18(26)14-5-6-16-17(11-14)23-21(22-16)15-3-1-2-4-19(15)29-13-20(27)24-7-9-28-10-8-24/h1-6,11,25H,7-10,12-13H2,(H,22,23). The predicted octanol–water partition coefficient (Wildman–Crippen LogP) is 1.64. The Kier molecular flexibility index (Phi) is 5.55. The van der Waals surface area contributed by atoms with Gasteiger partial charge in [0.15, 0.2) is 12.4 Å². The molecule has 0 aliphatic carbocycles. The first-order chi connectivity index (χ1) is 14.2. The van der Waals surface area contributed by atoms with Crippen LogP contribution in [0.15, 0.2) is 42.5 Å². The number of fused-ring (bicyclic) bond motifs is 1. The lowest BCUT2D eigenvalue weighted by atomic mass is 10.1. The fourth-order valence-corrected chi connectivity index (χ4v) is 3.23. The molecule has 0 atom stereocenters. The first kappa shape index (κ1) is 19.1. The maximum absolute atomic E-state index is 12.4. The number of ketones is 1. The van der Waals surface area contributed by atoms with Gasteiger partial charge in [0, 0.05) is 18.7 Å². The smallest absolute Gasteiger partial charge is 0.260 e. The van der Waals surface area contributed by atoms with Gasteiger partial charge < -0.3 is 24.5 Å². The van der Waals surface area contributed by atoms with Crippen molar-refractivity contribution in [1.82, 2.24) is 14.9 Å². The van der Waals surface area contributed by atoms with Gasteiger partial charge in [-0.25, -0.2) is 4.98 Å². The Labute approximate surface area is 167 Å². The molecule has 29 heavy (non-hydrogen) atoms. The van der Waals surface area contributed by atoms with Gasteiger partial charge >= 0.3 is 0 Å². The summed E-state index contributed by atoms with van der Waals surface area (Å²) in [5.74, 6) is 0.677. The minimum Gasteiger partial charge on any atom is -0.483 e. The summed E-state index contributed by atoms with van der Waals surface area (Å²) in [6.07, 6.45) is 0. The number of carbonyl (C=O) groups is 2. The predicted molar refractivity (Wildman–Crippen MR) is 106 cm³/mol. The summed E-state index contributed by atoms with van der Waals surface area (Å²) in [6.45, 7) is 1.63. The van der Waals surface area contributed by atoms with Gasteiger partial charge in [-0.1, -0.05) is 12.1 Å². The Bertz CT molecular complexity index is 1040. The highest BCUT2D eigenvalue weighted by Crippen LogP contribution is 2.29. The van der Waals surface area contributed by atoms with Crippen LogP contribution < -0.4 is 4.74 Å². The zero-order valence-corrected chi connectivity index (χ0v) is 15.8. The molecule has 1 amide bonds. The molecule has 8 nitrogen and oxygen atoms in total. The molecule has 2 heterocycles. The number of benzene rings is 2. The molecule has 0 bridgehead atoms. The number of aliphatic hydroxyl groups is 1. The Morgan fingerprint density at radius 1 is 1.17 bits per heavy atom. The van der Waals surface area contributed by atoms with E-state index in [-0.39, 0.29) is 18.3 Å². The first-order valence-electron chi connectivity index (χ1n) is 9.37. The van der Waals surface area contributed by atoms with Crippen LogP contribution in [0.5, 0.6) is 5.75 Å². The molecule has 3 aromatic rings. The number of para-hydroxylation sites is 1. The van der Waals surface area contributed by atoms with Crippen LogP contribution in [0.3, 0.4) is 0 Å². The van der Waals surface area contributed by atoms with Crippen molar-refractivity contribution < 1.29 is 24.2 Å². The SMILES string of the molecule is O=C(CO)c1ccc2nc(-c3ccccc3OCC(=O)N3CCOCC3)[nH]c2c1.